The number of halogens is 1. The van der Waals surface area contributed by atoms with Gasteiger partial charge in [0.25, 0.3) is 0 Å². The Labute approximate surface area is 155 Å². The molecular formula is C16H20BrNO6S. The standard InChI is InChI=1S/C16H20BrNO6S/c1-4-23-14(19)16(2,25(3,21)22)9-13-10-18(15(20)24-13)12-7-5-11(17)6-8-12/h5-8,13H,4,9-10H2,1-3H3/t13-,16-/m0/s1. The van der Waals surface area contributed by atoms with Crippen LogP contribution in [-0.4, -0.2) is 50.7 Å². The first-order valence-electron chi connectivity index (χ1n) is 7.69. The zero-order valence-electron chi connectivity index (χ0n) is 14.2. The minimum absolute atomic E-state index is 0.0689. The molecule has 0 aromatic heterocycles. The molecule has 1 fully saturated rings. The van der Waals surface area contributed by atoms with Crippen molar-refractivity contribution < 1.29 is 27.5 Å². The van der Waals surface area contributed by atoms with E-state index in [1.54, 1.807) is 31.2 Å². The summed E-state index contributed by atoms with van der Waals surface area (Å²) in [5.74, 6) is -0.837. The van der Waals surface area contributed by atoms with E-state index in [-0.39, 0.29) is 19.6 Å². The SMILES string of the molecule is CCOC(=O)[C@](C)(C[C@H]1CN(c2ccc(Br)cc2)C(=O)O1)S(C)(=O)=O. The first kappa shape index (κ1) is 19.7. The summed E-state index contributed by atoms with van der Waals surface area (Å²) >= 11 is 3.32. The summed E-state index contributed by atoms with van der Waals surface area (Å²) in [6, 6.07) is 7.06. The summed E-state index contributed by atoms with van der Waals surface area (Å²) in [5.41, 5.74) is 0.632. The second-order valence-corrected chi connectivity index (χ2v) is 9.38. The number of cyclic esters (lactones) is 1. The highest BCUT2D eigenvalue weighted by Gasteiger charge is 2.49. The first-order chi connectivity index (χ1) is 11.6. The summed E-state index contributed by atoms with van der Waals surface area (Å²) < 4.78 is 33.6. The lowest BCUT2D eigenvalue weighted by Crippen LogP contribution is -2.47. The number of hydrogen-bond donors (Lipinski definition) is 0. The number of carbonyl (C=O) groups excluding carboxylic acids is 2. The number of ether oxygens (including phenoxy) is 2. The van der Waals surface area contributed by atoms with Crippen LogP contribution in [0.1, 0.15) is 20.3 Å². The maximum Gasteiger partial charge on any atom is 0.414 e. The second-order valence-electron chi connectivity index (χ2n) is 6.02. The molecule has 9 heteroatoms. The number of sulfone groups is 1. The minimum Gasteiger partial charge on any atom is -0.465 e. The van der Waals surface area contributed by atoms with E-state index in [1.807, 2.05) is 0 Å². The number of esters is 1. The van der Waals surface area contributed by atoms with Gasteiger partial charge in [-0.2, -0.15) is 0 Å². The zero-order chi connectivity index (χ0) is 18.8. The maximum atomic E-state index is 12.2. The third-order valence-corrected chi connectivity index (χ3v) is 6.65. The molecule has 0 bridgehead atoms. The molecule has 1 aromatic carbocycles. The molecular weight excluding hydrogens is 414 g/mol. The number of anilines is 1. The molecule has 138 valence electrons. The van der Waals surface area contributed by atoms with Crippen molar-refractivity contribution in [3.05, 3.63) is 28.7 Å². The van der Waals surface area contributed by atoms with Crippen LogP contribution in [0.4, 0.5) is 10.5 Å². The predicted octanol–water partition coefficient (Wildman–Crippen LogP) is 2.53. The molecule has 2 atom stereocenters. The lowest BCUT2D eigenvalue weighted by Gasteiger charge is -2.27. The Morgan fingerprint density at radius 1 is 1.40 bits per heavy atom. The van der Waals surface area contributed by atoms with Crippen LogP contribution < -0.4 is 4.90 Å². The number of hydrogen-bond acceptors (Lipinski definition) is 6. The average molecular weight is 434 g/mol. The van der Waals surface area contributed by atoms with E-state index in [1.165, 1.54) is 11.8 Å². The molecule has 7 nitrogen and oxygen atoms in total. The summed E-state index contributed by atoms with van der Waals surface area (Å²) in [6.45, 7) is 3.13. The molecule has 1 saturated heterocycles. The van der Waals surface area contributed by atoms with Crippen LogP contribution in [0.3, 0.4) is 0 Å². The highest BCUT2D eigenvalue weighted by molar-refractivity contribution is 9.10. The van der Waals surface area contributed by atoms with Gasteiger partial charge < -0.3 is 9.47 Å². The van der Waals surface area contributed by atoms with Crippen molar-refractivity contribution in [2.45, 2.75) is 31.1 Å². The van der Waals surface area contributed by atoms with Crippen LogP contribution in [0.5, 0.6) is 0 Å². The molecule has 1 heterocycles. The highest BCUT2D eigenvalue weighted by atomic mass is 79.9. The number of carbonyl (C=O) groups is 2. The largest absolute Gasteiger partial charge is 0.465 e. The van der Waals surface area contributed by atoms with Gasteiger partial charge in [0, 0.05) is 22.8 Å². The number of amides is 1. The number of nitrogens with zero attached hydrogens (tertiary/aromatic N) is 1. The van der Waals surface area contributed by atoms with Gasteiger partial charge in [0.15, 0.2) is 14.6 Å². The third-order valence-electron chi connectivity index (χ3n) is 4.16. The molecule has 1 amide bonds. The Morgan fingerprint density at radius 2 is 2.00 bits per heavy atom. The fourth-order valence-corrected chi connectivity index (χ4v) is 3.68. The van der Waals surface area contributed by atoms with E-state index in [0.717, 1.165) is 10.7 Å². The predicted molar refractivity (Wildman–Crippen MR) is 96.3 cm³/mol. The fourth-order valence-electron chi connectivity index (χ4n) is 2.56. The normalized spacial score (nSPS) is 20.1. The quantitative estimate of drug-likeness (QED) is 0.640. The van der Waals surface area contributed by atoms with Crippen LogP contribution >= 0.6 is 15.9 Å². The van der Waals surface area contributed by atoms with Crippen LogP contribution in [0, 0.1) is 0 Å². The first-order valence-corrected chi connectivity index (χ1v) is 10.4. The van der Waals surface area contributed by atoms with Crippen molar-refractivity contribution >= 4 is 43.5 Å². The van der Waals surface area contributed by atoms with Crippen molar-refractivity contribution in [3.8, 4) is 0 Å². The number of benzene rings is 1. The lowest BCUT2D eigenvalue weighted by molar-refractivity contribution is -0.146. The van der Waals surface area contributed by atoms with Gasteiger partial charge in [-0.05, 0) is 38.1 Å². The summed E-state index contributed by atoms with van der Waals surface area (Å²) in [7, 11) is -3.77. The highest BCUT2D eigenvalue weighted by Crippen LogP contribution is 2.31. The monoisotopic (exact) mass is 433 g/mol. The third kappa shape index (κ3) is 4.14. The molecule has 0 spiro atoms. The molecule has 0 N–H and O–H groups in total. The molecule has 0 unspecified atom stereocenters. The second kappa shape index (κ2) is 7.33. The van der Waals surface area contributed by atoms with E-state index < -0.39 is 32.8 Å². The van der Waals surface area contributed by atoms with Gasteiger partial charge >= 0.3 is 12.1 Å². The topological polar surface area (TPSA) is 90.0 Å². The van der Waals surface area contributed by atoms with Crippen molar-refractivity contribution in [1.82, 2.24) is 0 Å². The van der Waals surface area contributed by atoms with E-state index in [2.05, 4.69) is 15.9 Å². The molecule has 25 heavy (non-hydrogen) atoms. The maximum absolute atomic E-state index is 12.2. The van der Waals surface area contributed by atoms with Gasteiger partial charge in [-0.1, -0.05) is 15.9 Å². The molecule has 1 aliphatic rings. The van der Waals surface area contributed by atoms with Crippen molar-refractivity contribution in [2.24, 2.45) is 0 Å². The van der Waals surface area contributed by atoms with E-state index in [9.17, 15) is 18.0 Å². The van der Waals surface area contributed by atoms with E-state index in [0.29, 0.717) is 5.69 Å². The van der Waals surface area contributed by atoms with Gasteiger partial charge in [0.2, 0.25) is 0 Å². The Morgan fingerprint density at radius 3 is 2.52 bits per heavy atom. The van der Waals surface area contributed by atoms with Crippen molar-refractivity contribution in [2.75, 3.05) is 24.3 Å². The Balaban J connectivity index is 2.20. The molecule has 0 saturated carbocycles. The fraction of sp³-hybridized carbons (Fsp3) is 0.500. The molecule has 1 aromatic rings. The molecule has 2 rings (SSSR count). The Bertz CT molecular complexity index is 763. The van der Waals surface area contributed by atoms with Gasteiger partial charge in [-0.3, -0.25) is 9.69 Å². The van der Waals surface area contributed by atoms with Crippen LogP contribution in [0.15, 0.2) is 28.7 Å². The summed E-state index contributed by atoms with van der Waals surface area (Å²) in [4.78, 5) is 25.7. The van der Waals surface area contributed by atoms with Crippen LogP contribution in [0.2, 0.25) is 0 Å². The van der Waals surface area contributed by atoms with Crippen LogP contribution in [-0.2, 0) is 24.1 Å². The van der Waals surface area contributed by atoms with Gasteiger partial charge in [-0.25, -0.2) is 13.2 Å². The van der Waals surface area contributed by atoms with E-state index in [4.69, 9.17) is 9.47 Å². The lowest BCUT2D eigenvalue weighted by atomic mass is 10.0. The summed E-state index contributed by atoms with van der Waals surface area (Å²) in [6.07, 6.45) is -0.497. The number of rotatable bonds is 6. The molecule has 1 aliphatic heterocycles. The average Bonchev–Trinajstić information content (AvgIpc) is 2.87. The van der Waals surface area contributed by atoms with Crippen molar-refractivity contribution in [1.29, 1.82) is 0 Å². The van der Waals surface area contributed by atoms with Gasteiger partial charge in [0.1, 0.15) is 6.10 Å². The Hall–Kier alpha value is -1.61. The zero-order valence-corrected chi connectivity index (χ0v) is 16.6. The Kier molecular flexibility index (Phi) is 5.78. The van der Waals surface area contributed by atoms with Crippen LogP contribution in [0.25, 0.3) is 0 Å². The van der Waals surface area contributed by atoms with E-state index >= 15 is 0 Å². The van der Waals surface area contributed by atoms with Crippen molar-refractivity contribution in [3.63, 3.8) is 0 Å². The smallest absolute Gasteiger partial charge is 0.414 e. The molecule has 0 radical (unpaired) electrons. The summed E-state index contributed by atoms with van der Waals surface area (Å²) in [5, 5.41) is 0. The minimum atomic E-state index is -3.77. The molecule has 0 aliphatic carbocycles. The van der Waals surface area contributed by atoms with Gasteiger partial charge in [0.05, 0.1) is 13.2 Å². The van der Waals surface area contributed by atoms with Gasteiger partial charge in [-0.15, -0.1) is 0 Å².